The minimum atomic E-state index is -0.137. The quantitative estimate of drug-likeness (QED) is 0.588. The Kier molecular flexibility index (Phi) is 5.11. The van der Waals surface area contributed by atoms with Crippen LogP contribution in [-0.4, -0.2) is 20.4 Å². The summed E-state index contributed by atoms with van der Waals surface area (Å²) in [6.07, 6.45) is 17.2. The fraction of sp³-hybridized carbons (Fsp3) is 0.500. The van der Waals surface area contributed by atoms with Crippen LogP contribution in [0, 0.1) is 0 Å². The van der Waals surface area contributed by atoms with Crippen LogP contribution in [0.4, 0.5) is 0 Å². The van der Waals surface area contributed by atoms with Crippen molar-refractivity contribution in [2.45, 2.75) is 52.4 Å². The summed E-state index contributed by atoms with van der Waals surface area (Å²) in [4.78, 5) is 0. The van der Waals surface area contributed by atoms with Crippen molar-refractivity contribution < 1.29 is 0 Å². The SMILES string of the molecule is CCCC1=[C]([Mg][C]2=C(CCC)C=CC2)CC=C1. The van der Waals surface area contributed by atoms with Crippen molar-refractivity contribution in [2.24, 2.45) is 0 Å². The second-order valence-corrected chi connectivity index (χ2v) is 7.21. The molecule has 17 heavy (non-hydrogen) atoms. The van der Waals surface area contributed by atoms with E-state index in [1.807, 2.05) is 7.40 Å². The largest absolute Gasteiger partial charge is 0.439 e. The summed E-state index contributed by atoms with van der Waals surface area (Å²) in [6.45, 7) is 4.58. The second-order valence-electron chi connectivity index (χ2n) is 5.15. The average molecular weight is 239 g/mol. The van der Waals surface area contributed by atoms with Crippen molar-refractivity contribution in [3.05, 3.63) is 42.9 Å². The minimum absolute atomic E-state index is 0.137. The van der Waals surface area contributed by atoms with Gasteiger partial charge in [-0.3, -0.25) is 0 Å². The molecule has 2 rings (SSSR count). The summed E-state index contributed by atoms with van der Waals surface area (Å²) >= 11 is -0.137. The van der Waals surface area contributed by atoms with Crippen molar-refractivity contribution in [3.8, 4) is 0 Å². The van der Waals surface area contributed by atoms with Crippen LogP contribution in [0.5, 0.6) is 0 Å². The Labute approximate surface area is 115 Å². The van der Waals surface area contributed by atoms with Gasteiger partial charge in [-0.05, 0) is 25.7 Å². The highest BCUT2D eigenvalue weighted by Crippen LogP contribution is 2.28. The molecule has 0 unspecified atom stereocenters. The molecule has 0 saturated carbocycles. The van der Waals surface area contributed by atoms with E-state index in [1.54, 1.807) is 11.1 Å². The van der Waals surface area contributed by atoms with Gasteiger partial charge >= 0.3 is 20.4 Å². The summed E-state index contributed by atoms with van der Waals surface area (Å²) in [6, 6.07) is 0. The molecule has 2 aliphatic rings. The van der Waals surface area contributed by atoms with Crippen molar-refractivity contribution >= 4 is 20.4 Å². The lowest BCUT2D eigenvalue weighted by Crippen LogP contribution is -2.02. The first-order valence-electron chi connectivity index (χ1n) is 7.10. The summed E-state index contributed by atoms with van der Waals surface area (Å²) in [5.41, 5.74) is 3.35. The van der Waals surface area contributed by atoms with E-state index in [4.69, 9.17) is 0 Å². The predicted octanol–water partition coefficient (Wildman–Crippen LogP) is 4.72. The molecule has 0 N–H and O–H groups in total. The summed E-state index contributed by atoms with van der Waals surface area (Å²) in [5, 5.41) is 0. The van der Waals surface area contributed by atoms with Crippen LogP contribution in [0.15, 0.2) is 42.9 Å². The van der Waals surface area contributed by atoms with E-state index < -0.39 is 0 Å². The maximum absolute atomic E-state index is 2.38. The first kappa shape index (κ1) is 13.2. The minimum Gasteiger partial charge on any atom is -0.179 e. The number of rotatable bonds is 6. The second kappa shape index (κ2) is 6.60. The van der Waals surface area contributed by atoms with E-state index in [-0.39, 0.29) is 20.4 Å². The van der Waals surface area contributed by atoms with Gasteiger partial charge in [-0.2, -0.15) is 7.40 Å². The normalized spacial score (nSPS) is 18.5. The van der Waals surface area contributed by atoms with Crippen LogP contribution in [0.3, 0.4) is 0 Å². The highest BCUT2D eigenvalue weighted by atomic mass is 24.5. The number of allylic oxidation sites excluding steroid dienone is 8. The maximum Gasteiger partial charge on any atom is 0.439 e. The van der Waals surface area contributed by atoms with Gasteiger partial charge in [0.05, 0.1) is 0 Å². The molecule has 0 saturated heterocycles. The molecular weight excluding hydrogens is 216 g/mol. The third-order valence-corrected chi connectivity index (χ3v) is 6.08. The van der Waals surface area contributed by atoms with Gasteiger partial charge in [0.25, 0.3) is 0 Å². The molecule has 1 heteroatoms. The lowest BCUT2D eigenvalue weighted by Gasteiger charge is -2.09. The van der Waals surface area contributed by atoms with Gasteiger partial charge < -0.3 is 0 Å². The number of hydrogen-bond acceptors (Lipinski definition) is 0. The smallest absolute Gasteiger partial charge is 0.179 e. The molecule has 0 heterocycles. The van der Waals surface area contributed by atoms with E-state index in [0.29, 0.717) is 0 Å². The van der Waals surface area contributed by atoms with E-state index in [0.717, 1.165) is 0 Å². The van der Waals surface area contributed by atoms with Crippen LogP contribution < -0.4 is 0 Å². The van der Waals surface area contributed by atoms with Crippen molar-refractivity contribution in [2.75, 3.05) is 0 Å². The summed E-state index contributed by atoms with van der Waals surface area (Å²) in [7, 11) is 0. The van der Waals surface area contributed by atoms with Gasteiger partial charge in [-0.25, -0.2) is 0 Å². The maximum atomic E-state index is 2.38. The number of hydrogen-bond donors (Lipinski definition) is 0. The Balaban J connectivity index is 2.06. The highest BCUT2D eigenvalue weighted by Gasteiger charge is 2.17. The lowest BCUT2D eigenvalue weighted by molar-refractivity contribution is 0.921. The van der Waals surface area contributed by atoms with Gasteiger partial charge in [0, 0.05) is 0 Å². The third-order valence-electron chi connectivity index (χ3n) is 3.74. The molecule has 0 aliphatic heterocycles. The highest BCUT2D eigenvalue weighted by molar-refractivity contribution is 6.54. The predicted molar refractivity (Wildman–Crippen MR) is 77.1 cm³/mol. The average Bonchev–Trinajstić information content (AvgIpc) is 2.92. The van der Waals surface area contributed by atoms with Crippen LogP contribution in [0.25, 0.3) is 0 Å². The van der Waals surface area contributed by atoms with Crippen LogP contribution in [-0.2, 0) is 0 Å². The van der Waals surface area contributed by atoms with Crippen molar-refractivity contribution in [1.29, 1.82) is 0 Å². The standard InChI is InChI=1S/2C8H11.Mg/c2*1-2-5-8-6-3-4-7-8;/h2*3,6H,2,4-5H2,1H3;. The van der Waals surface area contributed by atoms with E-state index >= 15 is 0 Å². The molecule has 0 spiro atoms. The molecule has 0 amide bonds. The summed E-state index contributed by atoms with van der Waals surface area (Å²) < 4.78 is 3.64. The van der Waals surface area contributed by atoms with Gasteiger partial charge in [0.15, 0.2) is 0 Å². The fourth-order valence-corrected chi connectivity index (χ4v) is 5.05. The Morgan fingerprint density at radius 2 is 1.35 bits per heavy atom. The molecule has 0 atom stereocenters. The molecule has 2 aliphatic carbocycles. The Morgan fingerprint density at radius 1 is 0.882 bits per heavy atom. The van der Waals surface area contributed by atoms with Crippen LogP contribution in [0.2, 0.25) is 0 Å². The molecule has 0 bridgehead atoms. The van der Waals surface area contributed by atoms with E-state index in [1.165, 1.54) is 38.5 Å². The van der Waals surface area contributed by atoms with E-state index in [2.05, 4.69) is 38.2 Å². The van der Waals surface area contributed by atoms with Gasteiger partial charge in [-0.15, -0.1) is 0 Å². The fourth-order valence-electron chi connectivity index (χ4n) is 2.87. The van der Waals surface area contributed by atoms with Gasteiger partial charge in [0.2, 0.25) is 0 Å². The molecule has 0 aromatic heterocycles. The lowest BCUT2D eigenvalue weighted by atomic mass is 10.1. The zero-order valence-corrected chi connectivity index (χ0v) is 12.7. The Bertz CT molecular complexity index is 356. The Hall–Kier alpha value is -0.274. The van der Waals surface area contributed by atoms with Gasteiger partial charge in [-0.1, -0.05) is 62.1 Å². The van der Waals surface area contributed by atoms with Crippen LogP contribution >= 0.6 is 0 Å². The van der Waals surface area contributed by atoms with E-state index in [9.17, 15) is 0 Å². The van der Waals surface area contributed by atoms with Gasteiger partial charge in [0.1, 0.15) is 0 Å². The molecular formula is C16H22Mg. The van der Waals surface area contributed by atoms with Crippen molar-refractivity contribution in [1.82, 2.24) is 0 Å². The molecule has 0 nitrogen and oxygen atoms in total. The zero-order valence-electron chi connectivity index (χ0n) is 11.3. The molecule has 0 radical (unpaired) electrons. The Morgan fingerprint density at radius 3 is 1.76 bits per heavy atom. The zero-order chi connectivity index (χ0) is 12.1. The first-order chi connectivity index (χ1) is 8.35. The first-order valence-corrected chi connectivity index (χ1v) is 8.51. The monoisotopic (exact) mass is 238 g/mol. The third kappa shape index (κ3) is 3.35. The molecule has 0 aromatic carbocycles. The topological polar surface area (TPSA) is 0 Å². The molecule has 88 valence electrons. The molecule has 0 aromatic rings. The van der Waals surface area contributed by atoms with Crippen molar-refractivity contribution in [3.63, 3.8) is 0 Å². The van der Waals surface area contributed by atoms with Crippen LogP contribution in [0.1, 0.15) is 52.4 Å². The summed E-state index contributed by atoms with van der Waals surface area (Å²) in [5.74, 6) is 0. The molecule has 0 fully saturated rings.